The van der Waals surface area contributed by atoms with Crippen LogP contribution in [0.1, 0.15) is 36.1 Å². The molecule has 24 heavy (non-hydrogen) atoms. The zero-order chi connectivity index (χ0) is 16.4. The molecule has 0 amide bonds. The van der Waals surface area contributed by atoms with Gasteiger partial charge in [0.1, 0.15) is 17.7 Å². The second-order valence-corrected chi connectivity index (χ2v) is 6.38. The van der Waals surface area contributed by atoms with Gasteiger partial charge in [-0.15, -0.1) is 0 Å². The summed E-state index contributed by atoms with van der Waals surface area (Å²) in [4.78, 5) is 4.73. The van der Waals surface area contributed by atoms with Crippen LogP contribution in [0.4, 0.5) is 0 Å². The maximum absolute atomic E-state index is 9.83. The van der Waals surface area contributed by atoms with Crippen molar-refractivity contribution in [1.82, 2.24) is 4.98 Å². The topological polar surface area (TPSA) is 55.1 Å². The van der Waals surface area contributed by atoms with Crippen molar-refractivity contribution in [2.45, 2.75) is 38.2 Å². The lowest BCUT2D eigenvalue weighted by molar-refractivity contribution is 0.137. The molecule has 4 nitrogen and oxygen atoms in total. The summed E-state index contributed by atoms with van der Waals surface area (Å²) in [6.07, 6.45) is 5.08. The van der Waals surface area contributed by atoms with Crippen LogP contribution in [0.3, 0.4) is 0 Å². The molecule has 2 aromatic rings. The molecule has 2 heterocycles. The first kappa shape index (κ1) is 15.2. The molecule has 1 aliphatic heterocycles. The van der Waals surface area contributed by atoms with Crippen molar-refractivity contribution in [3.8, 4) is 23.1 Å². The van der Waals surface area contributed by atoms with Crippen molar-refractivity contribution in [2.24, 2.45) is 0 Å². The van der Waals surface area contributed by atoms with Crippen LogP contribution in [0.15, 0.2) is 30.3 Å². The molecule has 1 aromatic heterocycles. The average Bonchev–Trinajstić information content (AvgIpc) is 3.14. The van der Waals surface area contributed by atoms with Crippen LogP contribution in [0, 0.1) is 11.3 Å². The van der Waals surface area contributed by atoms with E-state index in [9.17, 15) is 5.26 Å². The number of hydrogen-bond donors (Lipinski definition) is 0. The van der Waals surface area contributed by atoms with Crippen molar-refractivity contribution in [3.05, 3.63) is 47.2 Å². The highest BCUT2D eigenvalue weighted by Crippen LogP contribution is 2.38. The first-order chi connectivity index (χ1) is 11.9. The average molecular weight is 320 g/mol. The summed E-state index contributed by atoms with van der Waals surface area (Å²) in [5, 5.41) is 9.83. The summed E-state index contributed by atoms with van der Waals surface area (Å²) in [5.41, 5.74) is 4.96. The first-order valence-corrected chi connectivity index (χ1v) is 8.62. The van der Waals surface area contributed by atoms with Crippen molar-refractivity contribution in [3.63, 3.8) is 0 Å². The molecule has 0 bridgehead atoms. The lowest BCUT2D eigenvalue weighted by Gasteiger charge is -2.23. The summed E-state index contributed by atoms with van der Waals surface area (Å²) in [6.45, 7) is 1.29. The molecular weight excluding hydrogens is 300 g/mol. The molecule has 1 atom stereocenters. The number of pyridine rings is 1. The standard InChI is InChI=1S/C20H20N2O2/c21-12-17-19(14-6-2-1-3-7-14)16-8-4-5-9-18(16)22-20(17)24-15-10-11-23-13-15/h1-3,6-7,15H,4-5,8-11,13H2/t15-/m0/s1. The Bertz CT molecular complexity index is 774. The van der Waals surface area contributed by atoms with Gasteiger partial charge in [0.05, 0.1) is 13.2 Å². The maximum atomic E-state index is 9.83. The third-order valence-corrected chi connectivity index (χ3v) is 4.78. The smallest absolute Gasteiger partial charge is 0.232 e. The van der Waals surface area contributed by atoms with Crippen LogP contribution in [-0.2, 0) is 17.6 Å². The molecule has 4 heteroatoms. The van der Waals surface area contributed by atoms with E-state index in [4.69, 9.17) is 14.5 Å². The summed E-state index contributed by atoms with van der Waals surface area (Å²) >= 11 is 0. The molecule has 1 fully saturated rings. The van der Waals surface area contributed by atoms with Gasteiger partial charge in [-0.3, -0.25) is 0 Å². The van der Waals surface area contributed by atoms with Gasteiger partial charge < -0.3 is 9.47 Å². The third kappa shape index (κ3) is 2.76. The molecular formula is C20H20N2O2. The lowest BCUT2D eigenvalue weighted by atomic mass is 9.87. The molecule has 0 spiro atoms. The second kappa shape index (κ2) is 6.62. The van der Waals surface area contributed by atoms with E-state index in [1.807, 2.05) is 18.2 Å². The zero-order valence-electron chi connectivity index (χ0n) is 13.6. The van der Waals surface area contributed by atoms with Crippen LogP contribution in [0.2, 0.25) is 0 Å². The fraction of sp³-hybridized carbons (Fsp3) is 0.400. The van der Waals surface area contributed by atoms with E-state index >= 15 is 0 Å². The largest absolute Gasteiger partial charge is 0.471 e. The Hall–Kier alpha value is -2.38. The Kier molecular flexibility index (Phi) is 4.18. The van der Waals surface area contributed by atoms with Crippen molar-refractivity contribution in [2.75, 3.05) is 13.2 Å². The number of aryl methyl sites for hydroxylation is 1. The number of hydrogen-bond acceptors (Lipinski definition) is 4. The molecule has 0 N–H and O–H groups in total. The number of nitriles is 1. The number of fused-ring (bicyclic) bond motifs is 1. The molecule has 0 radical (unpaired) electrons. The van der Waals surface area contributed by atoms with Gasteiger partial charge in [0.15, 0.2) is 0 Å². The predicted octanol–water partition coefficient (Wildman–Crippen LogP) is 3.67. The highest BCUT2D eigenvalue weighted by Gasteiger charge is 2.26. The fourth-order valence-electron chi connectivity index (χ4n) is 3.59. The Labute approximate surface area is 142 Å². The second-order valence-electron chi connectivity index (χ2n) is 6.38. The Balaban J connectivity index is 1.87. The monoisotopic (exact) mass is 320 g/mol. The van der Waals surface area contributed by atoms with E-state index in [2.05, 4.69) is 18.2 Å². The minimum absolute atomic E-state index is 0.00476. The van der Waals surface area contributed by atoms with Crippen molar-refractivity contribution >= 4 is 0 Å². The van der Waals surface area contributed by atoms with Crippen LogP contribution in [0.25, 0.3) is 11.1 Å². The minimum Gasteiger partial charge on any atom is -0.471 e. The van der Waals surface area contributed by atoms with Gasteiger partial charge in [0.2, 0.25) is 5.88 Å². The van der Waals surface area contributed by atoms with Crippen molar-refractivity contribution < 1.29 is 9.47 Å². The molecule has 0 saturated carbocycles. The fourth-order valence-corrected chi connectivity index (χ4v) is 3.59. The van der Waals surface area contributed by atoms with E-state index in [-0.39, 0.29) is 6.10 Å². The molecule has 2 aliphatic rings. The van der Waals surface area contributed by atoms with Gasteiger partial charge in [-0.1, -0.05) is 30.3 Å². The molecule has 122 valence electrons. The molecule has 4 rings (SSSR count). The van der Waals surface area contributed by atoms with Gasteiger partial charge in [-0.25, -0.2) is 4.98 Å². The Morgan fingerprint density at radius 3 is 2.75 bits per heavy atom. The van der Waals surface area contributed by atoms with Crippen LogP contribution < -0.4 is 4.74 Å². The van der Waals surface area contributed by atoms with Gasteiger partial charge in [0, 0.05) is 17.7 Å². The molecule has 0 unspecified atom stereocenters. The van der Waals surface area contributed by atoms with Gasteiger partial charge in [0.25, 0.3) is 0 Å². The Morgan fingerprint density at radius 1 is 1.17 bits per heavy atom. The summed E-state index contributed by atoms with van der Waals surface area (Å²) in [7, 11) is 0. The van der Waals surface area contributed by atoms with Gasteiger partial charge in [-0.2, -0.15) is 5.26 Å². The van der Waals surface area contributed by atoms with Gasteiger partial charge >= 0.3 is 0 Å². The number of rotatable bonds is 3. The SMILES string of the molecule is N#Cc1c(O[C@H]2CCOC2)nc2c(c1-c1ccccc1)CCCC2. The summed E-state index contributed by atoms with van der Waals surface area (Å²) < 4.78 is 11.5. The summed E-state index contributed by atoms with van der Waals surface area (Å²) in [6, 6.07) is 12.5. The van der Waals surface area contributed by atoms with Crippen LogP contribution in [0.5, 0.6) is 5.88 Å². The number of nitrogens with zero attached hydrogens (tertiary/aromatic N) is 2. The van der Waals surface area contributed by atoms with Crippen molar-refractivity contribution in [1.29, 1.82) is 5.26 Å². The number of benzene rings is 1. The Morgan fingerprint density at radius 2 is 2.00 bits per heavy atom. The summed E-state index contributed by atoms with van der Waals surface area (Å²) in [5.74, 6) is 0.479. The quantitative estimate of drug-likeness (QED) is 0.866. The zero-order valence-corrected chi connectivity index (χ0v) is 13.6. The molecule has 1 aliphatic carbocycles. The van der Waals surface area contributed by atoms with Crippen LogP contribution >= 0.6 is 0 Å². The predicted molar refractivity (Wildman–Crippen MR) is 90.9 cm³/mol. The first-order valence-electron chi connectivity index (χ1n) is 8.62. The third-order valence-electron chi connectivity index (χ3n) is 4.78. The van der Waals surface area contributed by atoms with E-state index in [0.717, 1.165) is 48.9 Å². The van der Waals surface area contributed by atoms with Gasteiger partial charge in [-0.05, 0) is 36.8 Å². The lowest BCUT2D eigenvalue weighted by Crippen LogP contribution is -2.19. The van der Waals surface area contributed by atoms with Crippen LogP contribution in [-0.4, -0.2) is 24.3 Å². The highest BCUT2D eigenvalue weighted by molar-refractivity contribution is 5.77. The molecule has 1 saturated heterocycles. The number of ether oxygens (including phenoxy) is 2. The normalized spacial score (nSPS) is 19.5. The highest BCUT2D eigenvalue weighted by atomic mass is 16.5. The van der Waals surface area contributed by atoms with E-state index < -0.39 is 0 Å². The number of aromatic nitrogens is 1. The van der Waals surface area contributed by atoms with E-state index in [1.165, 1.54) is 5.56 Å². The van der Waals surface area contributed by atoms with E-state index in [1.54, 1.807) is 0 Å². The minimum atomic E-state index is -0.00476. The van der Waals surface area contributed by atoms with E-state index in [0.29, 0.717) is 24.7 Å². The molecule has 1 aromatic carbocycles. The maximum Gasteiger partial charge on any atom is 0.232 e.